The van der Waals surface area contributed by atoms with E-state index in [1.54, 1.807) is 0 Å². The molecular formula is C10H19NO3. The van der Waals surface area contributed by atoms with E-state index in [-0.39, 0.29) is 12.0 Å². The van der Waals surface area contributed by atoms with Gasteiger partial charge in [0.25, 0.3) is 0 Å². The van der Waals surface area contributed by atoms with Crippen LogP contribution in [-0.4, -0.2) is 32.0 Å². The Bertz CT molecular complexity index is 159. The number of hydrogen-bond acceptors (Lipinski definition) is 3. The molecule has 0 saturated heterocycles. The summed E-state index contributed by atoms with van der Waals surface area (Å²) in [5.41, 5.74) is 0. The van der Waals surface area contributed by atoms with Gasteiger partial charge < -0.3 is 14.8 Å². The molecule has 0 aromatic heterocycles. The Balaban J connectivity index is 3.47. The van der Waals surface area contributed by atoms with Gasteiger partial charge in [0, 0.05) is 19.1 Å². The van der Waals surface area contributed by atoms with Crippen molar-refractivity contribution in [1.29, 1.82) is 0 Å². The monoisotopic (exact) mass is 201 g/mol. The molecule has 0 heterocycles. The maximum absolute atomic E-state index is 10.6. The van der Waals surface area contributed by atoms with Crippen molar-refractivity contribution in [3.05, 3.63) is 0 Å². The summed E-state index contributed by atoms with van der Waals surface area (Å²) in [7, 11) is 0. The number of carbonyl (C=O) groups is 2. The molecule has 0 spiro atoms. The Morgan fingerprint density at radius 2 is 2.00 bits per heavy atom. The van der Waals surface area contributed by atoms with Gasteiger partial charge in [-0.05, 0) is 26.7 Å². The summed E-state index contributed by atoms with van der Waals surface area (Å²) in [6.07, 6.45) is 3.18. The first kappa shape index (κ1) is 13.1. The van der Waals surface area contributed by atoms with E-state index >= 15 is 0 Å². The van der Waals surface area contributed by atoms with Crippen molar-refractivity contribution in [2.75, 3.05) is 13.2 Å². The van der Waals surface area contributed by atoms with Crippen molar-refractivity contribution in [3.8, 4) is 0 Å². The molecule has 4 heteroatoms. The van der Waals surface area contributed by atoms with Crippen LogP contribution in [0.15, 0.2) is 0 Å². The standard InChI is InChI=1S/C10H19NO3/c1-9(2)14-6-4-10(7-12)3-5-11-8-13/h7-10H,3-6H2,1-2H3,(H,11,13). The number of rotatable bonds is 9. The molecule has 1 unspecified atom stereocenters. The van der Waals surface area contributed by atoms with Crippen LogP contribution in [0.4, 0.5) is 0 Å². The van der Waals surface area contributed by atoms with Gasteiger partial charge in [0.05, 0.1) is 6.10 Å². The molecule has 4 nitrogen and oxygen atoms in total. The van der Waals surface area contributed by atoms with E-state index in [4.69, 9.17) is 4.74 Å². The number of carbonyl (C=O) groups excluding carboxylic acids is 2. The Hall–Kier alpha value is -0.900. The van der Waals surface area contributed by atoms with E-state index in [0.29, 0.717) is 26.0 Å². The summed E-state index contributed by atoms with van der Waals surface area (Å²) in [4.78, 5) is 20.6. The Labute approximate surface area is 85.0 Å². The van der Waals surface area contributed by atoms with Gasteiger partial charge in [-0.15, -0.1) is 0 Å². The molecule has 0 saturated carbocycles. The summed E-state index contributed by atoms with van der Waals surface area (Å²) in [5.74, 6) is -0.0128. The van der Waals surface area contributed by atoms with Gasteiger partial charge in [-0.2, -0.15) is 0 Å². The highest BCUT2D eigenvalue weighted by atomic mass is 16.5. The maximum atomic E-state index is 10.6. The van der Waals surface area contributed by atoms with Crippen molar-refractivity contribution in [1.82, 2.24) is 5.32 Å². The quantitative estimate of drug-likeness (QED) is 0.442. The highest BCUT2D eigenvalue weighted by molar-refractivity contribution is 5.53. The van der Waals surface area contributed by atoms with Gasteiger partial charge in [0.2, 0.25) is 6.41 Å². The molecule has 0 rings (SSSR count). The predicted octanol–water partition coefficient (Wildman–Crippen LogP) is 0.753. The second-order valence-electron chi connectivity index (χ2n) is 3.47. The van der Waals surface area contributed by atoms with E-state index in [9.17, 15) is 9.59 Å². The lowest BCUT2D eigenvalue weighted by atomic mass is 10.0. The van der Waals surface area contributed by atoms with Crippen molar-refractivity contribution in [2.24, 2.45) is 5.92 Å². The van der Waals surface area contributed by atoms with Crippen LogP contribution in [0.3, 0.4) is 0 Å². The number of ether oxygens (including phenoxy) is 1. The van der Waals surface area contributed by atoms with Crippen LogP contribution in [0, 0.1) is 5.92 Å². The fourth-order valence-electron chi connectivity index (χ4n) is 1.06. The Morgan fingerprint density at radius 1 is 1.29 bits per heavy atom. The first-order valence-corrected chi connectivity index (χ1v) is 4.94. The van der Waals surface area contributed by atoms with E-state index in [2.05, 4.69) is 5.32 Å². The van der Waals surface area contributed by atoms with Crippen LogP contribution < -0.4 is 5.32 Å². The molecule has 0 aromatic carbocycles. The fourth-order valence-corrected chi connectivity index (χ4v) is 1.06. The van der Waals surface area contributed by atoms with Crippen LogP contribution in [0.25, 0.3) is 0 Å². The zero-order chi connectivity index (χ0) is 10.8. The smallest absolute Gasteiger partial charge is 0.207 e. The van der Waals surface area contributed by atoms with E-state index in [0.717, 1.165) is 12.7 Å². The highest BCUT2D eigenvalue weighted by Gasteiger charge is 2.07. The predicted molar refractivity (Wildman–Crippen MR) is 53.9 cm³/mol. The molecule has 1 atom stereocenters. The third-order valence-corrected chi connectivity index (χ3v) is 1.88. The van der Waals surface area contributed by atoms with Crippen molar-refractivity contribution in [3.63, 3.8) is 0 Å². The minimum atomic E-state index is -0.0128. The second-order valence-corrected chi connectivity index (χ2v) is 3.47. The summed E-state index contributed by atoms with van der Waals surface area (Å²) >= 11 is 0. The zero-order valence-electron chi connectivity index (χ0n) is 8.86. The van der Waals surface area contributed by atoms with Crippen molar-refractivity contribution in [2.45, 2.75) is 32.8 Å². The summed E-state index contributed by atoms with van der Waals surface area (Å²) < 4.78 is 5.33. The average Bonchev–Trinajstić information content (AvgIpc) is 2.15. The van der Waals surface area contributed by atoms with Crippen LogP contribution >= 0.6 is 0 Å². The van der Waals surface area contributed by atoms with E-state index in [1.807, 2.05) is 13.8 Å². The third kappa shape index (κ3) is 7.73. The average molecular weight is 201 g/mol. The van der Waals surface area contributed by atoms with Crippen molar-refractivity contribution >= 4 is 12.7 Å². The minimum absolute atomic E-state index is 0.0128. The first-order chi connectivity index (χ1) is 6.70. The Morgan fingerprint density at radius 3 is 2.50 bits per heavy atom. The molecule has 0 aromatic rings. The molecule has 0 bridgehead atoms. The number of hydrogen-bond donors (Lipinski definition) is 1. The molecule has 1 amide bonds. The van der Waals surface area contributed by atoms with Crippen molar-refractivity contribution < 1.29 is 14.3 Å². The first-order valence-electron chi connectivity index (χ1n) is 4.94. The Kier molecular flexibility index (Phi) is 8.13. The van der Waals surface area contributed by atoms with E-state index in [1.165, 1.54) is 0 Å². The normalized spacial score (nSPS) is 12.5. The molecule has 1 N–H and O–H groups in total. The summed E-state index contributed by atoms with van der Waals surface area (Å²) in [6, 6.07) is 0. The number of nitrogens with one attached hydrogen (secondary N) is 1. The number of aldehydes is 1. The van der Waals surface area contributed by atoms with Gasteiger partial charge in [0.15, 0.2) is 0 Å². The van der Waals surface area contributed by atoms with Crippen LogP contribution in [0.1, 0.15) is 26.7 Å². The van der Waals surface area contributed by atoms with Gasteiger partial charge in [-0.3, -0.25) is 4.79 Å². The van der Waals surface area contributed by atoms with Gasteiger partial charge in [-0.1, -0.05) is 0 Å². The molecule has 0 aliphatic carbocycles. The zero-order valence-corrected chi connectivity index (χ0v) is 8.86. The minimum Gasteiger partial charge on any atom is -0.379 e. The lowest BCUT2D eigenvalue weighted by molar-refractivity contribution is -0.113. The van der Waals surface area contributed by atoms with E-state index < -0.39 is 0 Å². The molecular weight excluding hydrogens is 182 g/mol. The lowest BCUT2D eigenvalue weighted by Crippen LogP contribution is -2.18. The van der Waals surface area contributed by atoms with Crippen LogP contribution in [-0.2, 0) is 14.3 Å². The molecule has 82 valence electrons. The van der Waals surface area contributed by atoms with Crippen LogP contribution in [0.2, 0.25) is 0 Å². The van der Waals surface area contributed by atoms with Gasteiger partial charge in [-0.25, -0.2) is 0 Å². The number of amides is 1. The molecule has 14 heavy (non-hydrogen) atoms. The molecule has 0 fully saturated rings. The molecule has 0 aliphatic heterocycles. The third-order valence-electron chi connectivity index (χ3n) is 1.88. The highest BCUT2D eigenvalue weighted by Crippen LogP contribution is 2.05. The maximum Gasteiger partial charge on any atom is 0.207 e. The van der Waals surface area contributed by atoms with Gasteiger partial charge in [0.1, 0.15) is 6.29 Å². The van der Waals surface area contributed by atoms with Gasteiger partial charge >= 0.3 is 0 Å². The fraction of sp³-hybridized carbons (Fsp3) is 0.800. The topological polar surface area (TPSA) is 55.4 Å². The lowest BCUT2D eigenvalue weighted by Gasteiger charge is -2.11. The largest absolute Gasteiger partial charge is 0.379 e. The summed E-state index contributed by atoms with van der Waals surface area (Å²) in [5, 5.41) is 2.53. The molecule has 0 aliphatic rings. The SMILES string of the molecule is CC(C)OCCC(C=O)CCNC=O. The second kappa shape index (κ2) is 8.69. The van der Waals surface area contributed by atoms with Crippen LogP contribution in [0.5, 0.6) is 0 Å². The molecule has 0 radical (unpaired) electrons. The summed E-state index contributed by atoms with van der Waals surface area (Å²) in [6.45, 7) is 5.07.